The lowest BCUT2D eigenvalue weighted by Gasteiger charge is -2.37. The van der Waals surface area contributed by atoms with Crippen molar-refractivity contribution < 1.29 is 33.9 Å². The van der Waals surface area contributed by atoms with Crippen molar-refractivity contribution in [2.24, 2.45) is 0 Å². The van der Waals surface area contributed by atoms with Gasteiger partial charge in [0.05, 0.1) is 27.2 Å². The van der Waals surface area contributed by atoms with Crippen LogP contribution in [0.4, 0.5) is 5.95 Å². The van der Waals surface area contributed by atoms with Gasteiger partial charge in [-0.15, -0.1) is 0 Å². The number of H-pyrrole nitrogens is 1. The molecule has 0 bridgehead atoms. The van der Waals surface area contributed by atoms with E-state index in [4.69, 9.17) is 29.4 Å². The van der Waals surface area contributed by atoms with E-state index >= 15 is 0 Å². The van der Waals surface area contributed by atoms with Crippen molar-refractivity contribution >= 4 is 17.1 Å². The number of nitrogen functional groups attached to an aromatic ring is 1. The molecule has 5 aromatic rings. The number of aromatic nitrogens is 4. The molecule has 6 rings (SSSR count). The van der Waals surface area contributed by atoms with Crippen LogP contribution in [0, 0.1) is 0 Å². The lowest BCUT2D eigenvalue weighted by atomic mass is 9.80. The van der Waals surface area contributed by atoms with Crippen molar-refractivity contribution in [2.45, 2.75) is 29.8 Å². The van der Waals surface area contributed by atoms with Crippen molar-refractivity contribution in [2.75, 3.05) is 33.7 Å². The van der Waals surface area contributed by atoms with Crippen LogP contribution in [0.1, 0.15) is 22.9 Å². The number of rotatable bonds is 10. The zero-order chi connectivity index (χ0) is 31.8. The highest BCUT2D eigenvalue weighted by molar-refractivity contribution is 5.70. The molecule has 0 amide bonds. The minimum atomic E-state index is -2.27. The van der Waals surface area contributed by atoms with E-state index in [1.54, 1.807) is 14.2 Å². The molecule has 234 valence electrons. The summed E-state index contributed by atoms with van der Waals surface area (Å²) in [5.41, 5.74) is 6.35. The molecule has 4 atom stereocenters. The average Bonchev–Trinajstić information content (AvgIpc) is 3.60. The maximum Gasteiger partial charge on any atom is 0.280 e. The number of fused-ring (bicyclic) bond motifs is 1. The Morgan fingerprint density at radius 1 is 0.956 bits per heavy atom. The van der Waals surface area contributed by atoms with Crippen LogP contribution in [0.25, 0.3) is 11.2 Å². The largest absolute Gasteiger partial charge is 0.497 e. The van der Waals surface area contributed by atoms with Gasteiger partial charge in [-0.2, -0.15) is 4.98 Å². The Balaban J connectivity index is 1.43. The van der Waals surface area contributed by atoms with Gasteiger partial charge in [0.2, 0.25) is 11.7 Å². The predicted molar refractivity (Wildman–Crippen MR) is 163 cm³/mol. The molecule has 45 heavy (non-hydrogen) atoms. The minimum Gasteiger partial charge on any atom is -0.497 e. The molecule has 0 unspecified atom stereocenters. The number of anilines is 1. The van der Waals surface area contributed by atoms with Crippen LogP contribution in [0.3, 0.4) is 0 Å². The Bertz CT molecular complexity index is 1780. The van der Waals surface area contributed by atoms with Gasteiger partial charge in [-0.3, -0.25) is 14.3 Å². The summed E-state index contributed by atoms with van der Waals surface area (Å²) >= 11 is 0. The Morgan fingerprint density at radius 3 is 2.09 bits per heavy atom. The number of aromatic amines is 1. The highest BCUT2D eigenvalue weighted by atomic mass is 16.7. The van der Waals surface area contributed by atoms with E-state index in [2.05, 4.69) is 15.0 Å². The number of ether oxygens (including phenoxy) is 5. The summed E-state index contributed by atoms with van der Waals surface area (Å²) in [6.07, 6.45) is -2.81. The van der Waals surface area contributed by atoms with Crippen LogP contribution in [0.2, 0.25) is 0 Å². The van der Waals surface area contributed by atoms with Crippen LogP contribution >= 0.6 is 0 Å². The van der Waals surface area contributed by atoms with Gasteiger partial charge in [0.25, 0.3) is 5.56 Å². The fraction of sp³-hybridized carbons (Fsp3) is 0.281. The van der Waals surface area contributed by atoms with Crippen molar-refractivity contribution in [3.05, 3.63) is 112 Å². The third-order valence-corrected chi connectivity index (χ3v) is 8.10. The fourth-order valence-electron chi connectivity index (χ4n) is 5.76. The van der Waals surface area contributed by atoms with E-state index in [1.165, 1.54) is 18.0 Å². The molecule has 3 heterocycles. The second kappa shape index (κ2) is 12.0. The van der Waals surface area contributed by atoms with Crippen LogP contribution in [0.5, 0.6) is 11.5 Å². The van der Waals surface area contributed by atoms with Gasteiger partial charge in [0.1, 0.15) is 29.3 Å². The number of nitrogens with zero attached hydrogens (tertiary/aromatic N) is 3. The molecule has 1 fully saturated rings. The summed E-state index contributed by atoms with van der Waals surface area (Å²) in [6, 6.07) is 24.6. The van der Waals surface area contributed by atoms with Gasteiger partial charge in [-0.25, -0.2) is 4.98 Å². The third-order valence-electron chi connectivity index (χ3n) is 8.10. The molecule has 1 aliphatic heterocycles. The summed E-state index contributed by atoms with van der Waals surface area (Å²) in [5.74, 6) is -1.09. The Labute approximate surface area is 257 Å². The smallest absolute Gasteiger partial charge is 0.280 e. The second-order valence-electron chi connectivity index (χ2n) is 10.5. The van der Waals surface area contributed by atoms with Gasteiger partial charge in [0.15, 0.2) is 17.4 Å². The number of imidazole rings is 1. The van der Waals surface area contributed by atoms with Gasteiger partial charge >= 0.3 is 0 Å². The highest BCUT2D eigenvalue weighted by Crippen LogP contribution is 2.45. The summed E-state index contributed by atoms with van der Waals surface area (Å²) in [5, 5.41) is 23.0. The van der Waals surface area contributed by atoms with E-state index in [0.29, 0.717) is 11.5 Å². The maximum absolute atomic E-state index is 12.4. The number of benzene rings is 3. The van der Waals surface area contributed by atoms with Gasteiger partial charge < -0.3 is 39.6 Å². The monoisotopic (exact) mass is 615 g/mol. The van der Waals surface area contributed by atoms with Gasteiger partial charge in [0, 0.05) is 7.11 Å². The molecule has 2 aromatic heterocycles. The zero-order valence-electron chi connectivity index (χ0n) is 24.8. The van der Waals surface area contributed by atoms with Crippen LogP contribution in [0.15, 0.2) is 90.0 Å². The summed E-state index contributed by atoms with van der Waals surface area (Å²) in [4.78, 5) is 23.1. The molecular weight excluding hydrogens is 582 g/mol. The van der Waals surface area contributed by atoms with Crippen molar-refractivity contribution in [3.8, 4) is 11.5 Å². The molecule has 0 aliphatic carbocycles. The SMILES string of the molecule is COc1ccc(C(OC[C@H]2O[C@@H](n3cnc4c(=O)[nH]c(N)nc43)[C@@](O)(OC)[C@@H]2O)(c2ccccc2)c2ccc(OC)cc2)cc1. The second-order valence-corrected chi connectivity index (χ2v) is 10.5. The van der Waals surface area contributed by atoms with Crippen LogP contribution in [-0.4, -0.2) is 75.7 Å². The Kier molecular flexibility index (Phi) is 8.03. The lowest BCUT2D eigenvalue weighted by molar-refractivity contribution is -0.264. The molecular formula is C32H33N5O8. The van der Waals surface area contributed by atoms with E-state index in [-0.39, 0.29) is 23.7 Å². The summed E-state index contributed by atoms with van der Waals surface area (Å²) < 4.78 is 30.6. The molecule has 13 heteroatoms. The number of hydrogen-bond donors (Lipinski definition) is 4. The van der Waals surface area contributed by atoms with Crippen molar-refractivity contribution in [1.82, 2.24) is 19.5 Å². The van der Waals surface area contributed by atoms with Crippen LogP contribution < -0.4 is 20.8 Å². The first-order valence-corrected chi connectivity index (χ1v) is 14.1. The normalized spacial score (nSPS) is 21.7. The predicted octanol–water partition coefficient (Wildman–Crippen LogP) is 2.32. The summed E-state index contributed by atoms with van der Waals surface area (Å²) in [6.45, 7) is -0.209. The first-order chi connectivity index (χ1) is 21.7. The standard InChI is InChI=1S/C32H33N5O8/c1-41-22-13-9-20(10-14-22)31(19-7-5-4-6-8-19,21-11-15-23(42-2)16-12-21)44-17-24-26(38)32(40,43-3)29(45-24)37-18-34-25-27(37)35-30(33)36-28(25)39/h4-16,18,24,26,29,38,40H,17H2,1-3H3,(H3,33,35,36,39)/t24-,26-,29-,32+/m1/s1. The number of hydrogen-bond acceptors (Lipinski definition) is 11. The van der Waals surface area contributed by atoms with Crippen molar-refractivity contribution in [3.63, 3.8) is 0 Å². The maximum atomic E-state index is 12.4. The van der Waals surface area contributed by atoms with Gasteiger partial charge in [-0.1, -0.05) is 54.6 Å². The van der Waals surface area contributed by atoms with Crippen LogP contribution in [-0.2, 0) is 19.8 Å². The topological polar surface area (TPSA) is 176 Å². The van der Waals surface area contributed by atoms with E-state index in [1.807, 2.05) is 78.9 Å². The zero-order valence-corrected chi connectivity index (χ0v) is 24.8. The lowest BCUT2D eigenvalue weighted by Crippen LogP contribution is -2.49. The first kappa shape index (κ1) is 30.2. The summed E-state index contributed by atoms with van der Waals surface area (Å²) in [7, 11) is 4.42. The number of nitrogens with one attached hydrogen (secondary N) is 1. The van der Waals surface area contributed by atoms with Gasteiger partial charge in [-0.05, 0) is 41.0 Å². The van der Waals surface area contributed by atoms with E-state index < -0.39 is 35.4 Å². The molecule has 1 saturated heterocycles. The van der Waals surface area contributed by atoms with Crippen molar-refractivity contribution in [1.29, 1.82) is 0 Å². The fourth-order valence-corrected chi connectivity index (χ4v) is 5.76. The molecule has 13 nitrogen and oxygen atoms in total. The highest BCUT2D eigenvalue weighted by Gasteiger charge is 2.58. The number of nitrogens with two attached hydrogens (primary N) is 1. The molecule has 0 spiro atoms. The Hall–Kier alpha value is -4.79. The average molecular weight is 616 g/mol. The molecule has 3 aromatic carbocycles. The number of methoxy groups -OCH3 is 3. The quantitative estimate of drug-likeness (QED) is 0.134. The number of aliphatic hydroxyl groups excluding tert-OH is 1. The molecule has 0 radical (unpaired) electrons. The molecule has 5 N–H and O–H groups in total. The minimum absolute atomic E-state index is 0.0254. The van der Waals surface area contributed by atoms with E-state index in [9.17, 15) is 15.0 Å². The first-order valence-electron chi connectivity index (χ1n) is 14.1. The molecule has 0 saturated carbocycles. The third kappa shape index (κ3) is 5.10. The van der Waals surface area contributed by atoms with E-state index in [0.717, 1.165) is 16.7 Å². The molecule has 1 aliphatic rings. The Morgan fingerprint density at radius 2 is 1.53 bits per heavy atom. The number of aliphatic hydroxyl groups is 2.